The minimum Gasteiger partial charge on any atom is -0.486 e. The number of ketones is 2. The number of benzene rings is 1. The lowest BCUT2D eigenvalue weighted by Gasteiger charge is -2.17. The highest BCUT2D eigenvalue weighted by Gasteiger charge is 2.22. The van der Waals surface area contributed by atoms with Crippen molar-refractivity contribution in [3.8, 4) is 5.75 Å². The number of hydrogen-bond donors (Lipinski definition) is 3. The molecule has 2 amide bonds. The maximum atomic E-state index is 14.2. The zero-order chi connectivity index (χ0) is 28.1. The van der Waals surface area contributed by atoms with Gasteiger partial charge < -0.3 is 21.1 Å². The molecule has 12 heteroatoms. The maximum absolute atomic E-state index is 14.2. The van der Waals surface area contributed by atoms with Gasteiger partial charge in [-0.05, 0) is 44.4 Å². The van der Waals surface area contributed by atoms with Crippen LogP contribution in [0.4, 0.5) is 4.39 Å². The Hall–Kier alpha value is -4.19. The molecule has 3 aromatic rings. The molecule has 1 atom stereocenters. The molecule has 1 aliphatic carbocycles. The van der Waals surface area contributed by atoms with E-state index >= 15 is 0 Å². The van der Waals surface area contributed by atoms with Gasteiger partial charge in [0.25, 0.3) is 11.8 Å². The second-order valence-electron chi connectivity index (χ2n) is 9.73. The van der Waals surface area contributed by atoms with E-state index in [-0.39, 0.29) is 48.2 Å². The van der Waals surface area contributed by atoms with Crippen molar-refractivity contribution in [3.05, 3.63) is 58.8 Å². The van der Waals surface area contributed by atoms with Crippen molar-refractivity contribution in [2.24, 2.45) is 5.73 Å². The summed E-state index contributed by atoms with van der Waals surface area (Å²) in [5.74, 6) is -1.83. The first-order chi connectivity index (χ1) is 18.6. The molecule has 5 rings (SSSR count). The predicted molar refractivity (Wildman–Crippen MR) is 139 cm³/mol. The number of Topliss-reactive ketones (excluding diaryl/α,β-unsaturated/α-hetero) is 2. The van der Waals surface area contributed by atoms with Crippen LogP contribution in [0.5, 0.6) is 5.75 Å². The van der Waals surface area contributed by atoms with Crippen molar-refractivity contribution in [2.45, 2.75) is 64.6 Å². The van der Waals surface area contributed by atoms with Crippen molar-refractivity contribution in [1.29, 1.82) is 0 Å². The molecule has 11 nitrogen and oxygen atoms in total. The Bertz CT molecular complexity index is 1420. The highest BCUT2D eigenvalue weighted by Crippen LogP contribution is 2.24. The molecule has 1 fully saturated rings. The number of amides is 2. The molecular weight excluding hydrogens is 507 g/mol. The van der Waals surface area contributed by atoms with Crippen LogP contribution in [-0.4, -0.2) is 56.7 Å². The third kappa shape index (κ3) is 6.82. The molecule has 0 unspecified atom stereocenters. The molecule has 2 aromatic heterocycles. The minimum absolute atomic E-state index is 0.0334. The molecule has 2 aliphatic rings. The van der Waals surface area contributed by atoms with E-state index < -0.39 is 23.7 Å². The summed E-state index contributed by atoms with van der Waals surface area (Å²) in [5, 5.41) is 8.95. The molecule has 1 aromatic carbocycles. The van der Waals surface area contributed by atoms with Gasteiger partial charge in [0.15, 0.2) is 23.0 Å². The van der Waals surface area contributed by atoms with Gasteiger partial charge in [-0.2, -0.15) is 5.10 Å². The summed E-state index contributed by atoms with van der Waals surface area (Å²) >= 11 is 0. The lowest BCUT2D eigenvalue weighted by molar-refractivity contribution is -0.121. The summed E-state index contributed by atoms with van der Waals surface area (Å²) in [6, 6.07) is 6.19. The average molecular weight is 539 g/mol. The zero-order valence-electron chi connectivity index (χ0n) is 21.8. The molecule has 1 aliphatic heterocycles. The number of nitrogens with two attached hydrogens (primary N) is 1. The number of fused-ring (bicyclic) bond motifs is 2. The number of ether oxygens (including phenoxy) is 1. The maximum Gasteiger partial charge on any atom is 0.270 e. The SMILES string of the molecule is CC(=O)[C@H](C)NC(=O)c1cc(C(=O)NCc2ccc3c(c2)CC(=O)CO3)nc2c(F)cnn12.NC1CCCC1. The smallest absolute Gasteiger partial charge is 0.270 e. The van der Waals surface area contributed by atoms with Crippen molar-refractivity contribution in [3.63, 3.8) is 0 Å². The molecule has 0 spiro atoms. The van der Waals surface area contributed by atoms with Gasteiger partial charge in [-0.3, -0.25) is 19.2 Å². The van der Waals surface area contributed by atoms with Gasteiger partial charge in [-0.25, -0.2) is 13.9 Å². The predicted octanol–water partition coefficient (Wildman–Crippen LogP) is 1.90. The summed E-state index contributed by atoms with van der Waals surface area (Å²) in [5.41, 5.74) is 6.36. The largest absolute Gasteiger partial charge is 0.486 e. The van der Waals surface area contributed by atoms with Gasteiger partial charge in [0.1, 0.15) is 23.7 Å². The highest BCUT2D eigenvalue weighted by molar-refractivity contribution is 5.99. The van der Waals surface area contributed by atoms with Crippen molar-refractivity contribution >= 4 is 29.0 Å². The van der Waals surface area contributed by atoms with Gasteiger partial charge in [-0.15, -0.1) is 0 Å². The minimum atomic E-state index is -0.808. The Kier molecular flexibility index (Phi) is 8.65. The molecule has 206 valence electrons. The highest BCUT2D eigenvalue weighted by atomic mass is 19.1. The molecule has 1 saturated carbocycles. The first-order valence-corrected chi connectivity index (χ1v) is 12.8. The summed E-state index contributed by atoms with van der Waals surface area (Å²) < 4.78 is 20.5. The summed E-state index contributed by atoms with van der Waals surface area (Å²) in [7, 11) is 0. The standard InChI is InChI=1S/C22H20FN5O5.C5H11N/c1-11(12(2)29)26-22(32)18-7-17(27-20-16(23)9-25-28(18)20)21(31)24-8-13-3-4-19-14(5-13)6-15(30)10-33-19;6-5-3-1-2-4-5/h3-5,7,9,11H,6,8,10H2,1-2H3,(H,24,31)(H,26,32);5H,1-4,6H2/t11-;/m0./s1. The third-order valence-corrected chi connectivity index (χ3v) is 6.61. The first-order valence-electron chi connectivity index (χ1n) is 12.8. The Morgan fingerprint density at radius 1 is 1.21 bits per heavy atom. The van der Waals surface area contributed by atoms with E-state index in [2.05, 4.69) is 20.7 Å². The van der Waals surface area contributed by atoms with Crippen LogP contribution in [0.2, 0.25) is 0 Å². The molecule has 4 N–H and O–H groups in total. The van der Waals surface area contributed by atoms with E-state index in [9.17, 15) is 23.6 Å². The van der Waals surface area contributed by atoms with E-state index in [4.69, 9.17) is 10.5 Å². The Balaban J connectivity index is 0.000000519. The third-order valence-electron chi connectivity index (χ3n) is 6.61. The monoisotopic (exact) mass is 538 g/mol. The number of hydrogen-bond acceptors (Lipinski definition) is 8. The second kappa shape index (κ2) is 12.1. The average Bonchev–Trinajstić information content (AvgIpc) is 3.55. The number of halogens is 1. The van der Waals surface area contributed by atoms with Crippen molar-refractivity contribution < 1.29 is 28.3 Å². The van der Waals surface area contributed by atoms with Gasteiger partial charge in [-0.1, -0.05) is 18.9 Å². The van der Waals surface area contributed by atoms with E-state index in [0.717, 1.165) is 21.8 Å². The number of nitrogens with zero attached hydrogens (tertiary/aromatic N) is 3. The number of carbonyl (C=O) groups excluding carboxylic acids is 4. The van der Waals surface area contributed by atoms with Crippen LogP contribution in [0.15, 0.2) is 30.5 Å². The Labute approximate surface area is 224 Å². The van der Waals surface area contributed by atoms with E-state index in [1.807, 2.05) is 0 Å². The van der Waals surface area contributed by atoms with Gasteiger partial charge in [0, 0.05) is 30.6 Å². The van der Waals surface area contributed by atoms with E-state index in [0.29, 0.717) is 11.8 Å². The van der Waals surface area contributed by atoms with E-state index in [1.165, 1.54) is 45.6 Å². The quantitative estimate of drug-likeness (QED) is 0.429. The number of carbonyl (C=O) groups is 4. The van der Waals surface area contributed by atoms with Crippen molar-refractivity contribution in [2.75, 3.05) is 6.61 Å². The number of rotatable bonds is 6. The molecular formula is C27H31FN6O5. The van der Waals surface area contributed by atoms with Crippen LogP contribution in [0.3, 0.4) is 0 Å². The topological polar surface area (TPSA) is 158 Å². The lowest BCUT2D eigenvalue weighted by atomic mass is 10.0. The van der Waals surface area contributed by atoms with Gasteiger partial charge in [0.05, 0.1) is 12.2 Å². The Morgan fingerprint density at radius 3 is 2.62 bits per heavy atom. The number of aromatic nitrogens is 3. The fourth-order valence-electron chi connectivity index (χ4n) is 4.26. The van der Waals surface area contributed by atoms with Gasteiger partial charge in [0.2, 0.25) is 0 Å². The first kappa shape index (κ1) is 27.8. The van der Waals surface area contributed by atoms with Crippen LogP contribution in [-0.2, 0) is 22.6 Å². The van der Waals surface area contributed by atoms with Crippen LogP contribution < -0.4 is 21.1 Å². The zero-order valence-corrected chi connectivity index (χ0v) is 21.8. The molecule has 0 saturated heterocycles. The second-order valence-corrected chi connectivity index (χ2v) is 9.73. The number of nitrogens with one attached hydrogen (secondary N) is 2. The molecule has 39 heavy (non-hydrogen) atoms. The molecule has 0 radical (unpaired) electrons. The lowest BCUT2D eigenvalue weighted by Crippen LogP contribution is -2.38. The van der Waals surface area contributed by atoms with Crippen LogP contribution in [0, 0.1) is 5.82 Å². The summed E-state index contributed by atoms with van der Waals surface area (Å²) in [6.45, 7) is 2.98. The normalized spacial score (nSPS) is 15.5. The fourth-order valence-corrected chi connectivity index (χ4v) is 4.26. The van der Waals surface area contributed by atoms with Gasteiger partial charge >= 0.3 is 0 Å². The Morgan fingerprint density at radius 2 is 1.95 bits per heavy atom. The van der Waals surface area contributed by atoms with E-state index in [1.54, 1.807) is 18.2 Å². The molecule has 3 heterocycles. The summed E-state index contributed by atoms with van der Waals surface area (Å²) in [6.07, 6.45) is 6.39. The fraction of sp³-hybridized carbons (Fsp3) is 0.407. The summed E-state index contributed by atoms with van der Waals surface area (Å²) in [4.78, 5) is 52.5. The molecule has 0 bridgehead atoms. The van der Waals surface area contributed by atoms with Crippen LogP contribution >= 0.6 is 0 Å². The van der Waals surface area contributed by atoms with Crippen molar-refractivity contribution in [1.82, 2.24) is 25.2 Å². The van der Waals surface area contributed by atoms with Crippen LogP contribution in [0.25, 0.3) is 5.65 Å². The van der Waals surface area contributed by atoms with Crippen LogP contribution in [0.1, 0.15) is 71.6 Å².